The fourth-order valence-electron chi connectivity index (χ4n) is 2.94. The van der Waals surface area contributed by atoms with Gasteiger partial charge in [0.05, 0.1) is 24.3 Å². The van der Waals surface area contributed by atoms with E-state index in [-0.39, 0.29) is 4.90 Å². The first-order valence-corrected chi connectivity index (χ1v) is 11.1. The Morgan fingerprint density at radius 2 is 1.65 bits per heavy atom. The zero-order valence-electron chi connectivity index (χ0n) is 17.3. The summed E-state index contributed by atoms with van der Waals surface area (Å²) in [5.41, 5.74) is 0.862. The molecule has 0 fully saturated rings. The van der Waals surface area contributed by atoms with E-state index in [9.17, 15) is 13.2 Å². The summed E-state index contributed by atoms with van der Waals surface area (Å²) >= 11 is 0. The standard InChI is InChI=1S/C23H24N2O5S/c1-3-30-20-14-12-19(13-15-20)25(31(27,28)22-10-5-4-6-11-22)17-23(26)24-18-8-7-9-21(16-18)29-2/h4-16H,3,17H2,1-2H3,(H,24,26). The molecule has 0 aliphatic heterocycles. The molecule has 0 aromatic heterocycles. The van der Waals surface area contributed by atoms with Crippen LogP contribution in [-0.4, -0.2) is 34.6 Å². The largest absolute Gasteiger partial charge is 0.497 e. The number of methoxy groups -OCH3 is 1. The molecular formula is C23H24N2O5S. The number of benzene rings is 3. The molecule has 0 radical (unpaired) electrons. The molecule has 0 bridgehead atoms. The van der Waals surface area contributed by atoms with Crippen LogP contribution in [0.25, 0.3) is 0 Å². The van der Waals surface area contributed by atoms with Gasteiger partial charge in [0.2, 0.25) is 5.91 Å². The van der Waals surface area contributed by atoms with Gasteiger partial charge in [-0.3, -0.25) is 9.10 Å². The zero-order chi connectivity index (χ0) is 22.3. The summed E-state index contributed by atoms with van der Waals surface area (Å²) < 4.78 is 38.3. The van der Waals surface area contributed by atoms with Gasteiger partial charge in [-0.15, -0.1) is 0 Å². The van der Waals surface area contributed by atoms with Crippen molar-refractivity contribution in [2.45, 2.75) is 11.8 Å². The maximum absolute atomic E-state index is 13.3. The minimum Gasteiger partial charge on any atom is -0.497 e. The average molecular weight is 441 g/mol. The van der Waals surface area contributed by atoms with Gasteiger partial charge in [-0.05, 0) is 55.5 Å². The molecular weight excluding hydrogens is 416 g/mol. The first-order valence-electron chi connectivity index (χ1n) is 9.68. The molecule has 0 spiro atoms. The molecule has 162 valence electrons. The fourth-order valence-corrected chi connectivity index (χ4v) is 4.38. The van der Waals surface area contributed by atoms with Crippen molar-refractivity contribution < 1.29 is 22.7 Å². The molecule has 3 aromatic rings. The summed E-state index contributed by atoms with van der Waals surface area (Å²) in [5.74, 6) is 0.712. The van der Waals surface area contributed by atoms with E-state index in [2.05, 4.69) is 5.32 Å². The Kier molecular flexibility index (Phi) is 7.15. The Balaban J connectivity index is 1.90. The van der Waals surface area contributed by atoms with Gasteiger partial charge in [0.15, 0.2) is 0 Å². The molecule has 1 amide bonds. The highest BCUT2D eigenvalue weighted by atomic mass is 32.2. The van der Waals surface area contributed by atoms with Crippen molar-refractivity contribution in [1.82, 2.24) is 0 Å². The van der Waals surface area contributed by atoms with Crippen molar-refractivity contribution in [2.75, 3.05) is 29.9 Å². The van der Waals surface area contributed by atoms with Gasteiger partial charge in [0.1, 0.15) is 18.0 Å². The van der Waals surface area contributed by atoms with E-state index in [4.69, 9.17) is 9.47 Å². The van der Waals surface area contributed by atoms with Crippen molar-refractivity contribution >= 4 is 27.3 Å². The molecule has 8 heteroatoms. The molecule has 0 saturated carbocycles. The van der Waals surface area contributed by atoms with E-state index in [0.29, 0.717) is 29.5 Å². The van der Waals surface area contributed by atoms with Crippen LogP contribution in [-0.2, 0) is 14.8 Å². The molecule has 0 heterocycles. The SMILES string of the molecule is CCOc1ccc(N(CC(=O)Nc2cccc(OC)c2)S(=O)(=O)c2ccccc2)cc1. The number of carbonyl (C=O) groups is 1. The Bertz CT molecular complexity index is 1120. The number of nitrogens with one attached hydrogen (secondary N) is 1. The average Bonchev–Trinajstić information content (AvgIpc) is 2.79. The zero-order valence-corrected chi connectivity index (χ0v) is 18.1. The third-order valence-corrected chi connectivity index (χ3v) is 6.20. The Labute approximate surface area is 182 Å². The van der Waals surface area contributed by atoms with Gasteiger partial charge in [0.25, 0.3) is 10.0 Å². The van der Waals surface area contributed by atoms with E-state index < -0.39 is 22.5 Å². The van der Waals surface area contributed by atoms with Crippen LogP contribution in [0.5, 0.6) is 11.5 Å². The summed E-state index contributed by atoms with van der Waals surface area (Å²) in [7, 11) is -2.44. The summed E-state index contributed by atoms with van der Waals surface area (Å²) in [6, 6.07) is 21.4. The lowest BCUT2D eigenvalue weighted by molar-refractivity contribution is -0.114. The first kappa shape index (κ1) is 22.2. The summed E-state index contributed by atoms with van der Waals surface area (Å²) in [6.07, 6.45) is 0. The Morgan fingerprint density at radius 1 is 0.935 bits per heavy atom. The number of rotatable bonds is 9. The van der Waals surface area contributed by atoms with Crippen molar-refractivity contribution in [3.05, 3.63) is 78.9 Å². The second kappa shape index (κ2) is 9.99. The number of hydrogen-bond donors (Lipinski definition) is 1. The third-order valence-electron chi connectivity index (χ3n) is 4.41. The van der Waals surface area contributed by atoms with Crippen molar-refractivity contribution in [1.29, 1.82) is 0 Å². The lowest BCUT2D eigenvalue weighted by Crippen LogP contribution is -2.38. The Hall–Kier alpha value is -3.52. The number of sulfonamides is 1. The second-order valence-electron chi connectivity index (χ2n) is 6.53. The van der Waals surface area contributed by atoms with Crippen LogP contribution in [0.4, 0.5) is 11.4 Å². The number of amides is 1. The van der Waals surface area contributed by atoms with Crippen molar-refractivity contribution in [3.63, 3.8) is 0 Å². The van der Waals surface area contributed by atoms with E-state index in [0.717, 1.165) is 4.31 Å². The monoisotopic (exact) mass is 440 g/mol. The van der Waals surface area contributed by atoms with E-state index >= 15 is 0 Å². The van der Waals surface area contributed by atoms with E-state index in [1.165, 1.54) is 19.2 Å². The van der Waals surface area contributed by atoms with Crippen LogP contribution in [0.1, 0.15) is 6.92 Å². The van der Waals surface area contributed by atoms with Crippen LogP contribution >= 0.6 is 0 Å². The minimum atomic E-state index is -3.97. The fraction of sp³-hybridized carbons (Fsp3) is 0.174. The summed E-state index contributed by atoms with van der Waals surface area (Å²) in [5, 5.41) is 2.72. The highest BCUT2D eigenvalue weighted by Gasteiger charge is 2.27. The summed E-state index contributed by atoms with van der Waals surface area (Å²) in [4.78, 5) is 12.9. The number of hydrogen-bond acceptors (Lipinski definition) is 5. The number of nitrogens with zero attached hydrogens (tertiary/aromatic N) is 1. The summed E-state index contributed by atoms with van der Waals surface area (Å²) in [6.45, 7) is 1.96. The normalized spacial score (nSPS) is 10.9. The smallest absolute Gasteiger partial charge is 0.264 e. The molecule has 31 heavy (non-hydrogen) atoms. The molecule has 0 aliphatic carbocycles. The van der Waals surface area contributed by atoms with Crippen molar-refractivity contribution in [2.24, 2.45) is 0 Å². The molecule has 1 N–H and O–H groups in total. The van der Waals surface area contributed by atoms with Crippen molar-refractivity contribution in [3.8, 4) is 11.5 Å². The number of ether oxygens (including phenoxy) is 2. The lowest BCUT2D eigenvalue weighted by atomic mass is 10.3. The highest BCUT2D eigenvalue weighted by Crippen LogP contribution is 2.26. The van der Waals surface area contributed by atoms with E-state index in [1.54, 1.807) is 66.7 Å². The van der Waals surface area contributed by atoms with Crippen LogP contribution in [0.2, 0.25) is 0 Å². The second-order valence-corrected chi connectivity index (χ2v) is 8.39. The van der Waals surface area contributed by atoms with Gasteiger partial charge in [0, 0.05) is 11.8 Å². The van der Waals surface area contributed by atoms with E-state index in [1.807, 2.05) is 6.92 Å². The van der Waals surface area contributed by atoms with Gasteiger partial charge in [-0.1, -0.05) is 24.3 Å². The Morgan fingerprint density at radius 3 is 2.29 bits per heavy atom. The van der Waals surface area contributed by atoms with Crippen LogP contribution < -0.4 is 19.1 Å². The quantitative estimate of drug-likeness (QED) is 0.545. The topological polar surface area (TPSA) is 84.9 Å². The molecule has 0 aliphatic rings. The van der Waals surface area contributed by atoms with Crippen LogP contribution in [0.3, 0.4) is 0 Å². The molecule has 0 unspecified atom stereocenters. The minimum absolute atomic E-state index is 0.0954. The number of carbonyl (C=O) groups excluding carboxylic acids is 1. The first-order chi connectivity index (χ1) is 14.9. The van der Waals surface area contributed by atoms with Gasteiger partial charge in [-0.25, -0.2) is 8.42 Å². The molecule has 7 nitrogen and oxygen atoms in total. The number of anilines is 2. The predicted octanol–water partition coefficient (Wildman–Crippen LogP) is 3.93. The van der Waals surface area contributed by atoms with Gasteiger partial charge < -0.3 is 14.8 Å². The molecule has 3 aromatic carbocycles. The van der Waals surface area contributed by atoms with Crippen LogP contribution in [0, 0.1) is 0 Å². The molecule has 0 atom stereocenters. The van der Waals surface area contributed by atoms with Crippen LogP contribution in [0.15, 0.2) is 83.8 Å². The molecule has 0 saturated heterocycles. The van der Waals surface area contributed by atoms with Gasteiger partial charge in [-0.2, -0.15) is 0 Å². The highest BCUT2D eigenvalue weighted by molar-refractivity contribution is 7.92. The third kappa shape index (κ3) is 5.55. The molecule has 3 rings (SSSR count). The maximum Gasteiger partial charge on any atom is 0.264 e. The predicted molar refractivity (Wildman–Crippen MR) is 120 cm³/mol. The lowest BCUT2D eigenvalue weighted by Gasteiger charge is -2.24. The van der Waals surface area contributed by atoms with Gasteiger partial charge >= 0.3 is 0 Å². The maximum atomic E-state index is 13.3.